The van der Waals surface area contributed by atoms with Gasteiger partial charge >= 0.3 is 12.2 Å². The highest BCUT2D eigenvalue weighted by molar-refractivity contribution is 6.35. The number of allylic oxidation sites excluding steroid dienone is 4. The van der Waals surface area contributed by atoms with Crippen molar-refractivity contribution in [2.45, 2.75) is 71.5 Å². The van der Waals surface area contributed by atoms with Crippen LogP contribution < -0.4 is 4.90 Å². The first-order valence-corrected chi connectivity index (χ1v) is 22.4. The second-order valence-corrected chi connectivity index (χ2v) is 19.0. The second-order valence-electron chi connectivity index (χ2n) is 18.1. The molecule has 1 spiro atoms. The van der Waals surface area contributed by atoms with E-state index in [1.807, 2.05) is 65.8 Å². The van der Waals surface area contributed by atoms with Crippen molar-refractivity contribution in [2.75, 3.05) is 57.3 Å². The Balaban J connectivity index is 0.806. The molecule has 5 fully saturated rings. The van der Waals surface area contributed by atoms with Gasteiger partial charge in [-0.15, -0.1) is 0 Å². The van der Waals surface area contributed by atoms with Gasteiger partial charge in [0.25, 0.3) is 0 Å². The van der Waals surface area contributed by atoms with Crippen molar-refractivity contribution in [3.05, 3.63) is 112 Å². The van der Waals surface area contributed by atoms with E-state index in [1.165, 1.54) is 17.8 Å². The van der Waals surface area contributed by atoms with Crippen LogP contribution in [0.4, 0.5) is 19.8 Å². The number of hydrogen-bond donors (Lipinski definition) is 0. The summed E-state index contributed by atoms with van der Waals surface area (Å²) in [7, 11) is 0. The molecule has 2 aliphatic carbocycles. The average molecular weight is 896 g/mol. The highest BCUT2D eigenvalue weighted by atomic mass is 35.5. The number of ether oxygens (including phenoxy) is 2. The minimum Gasteiger partial charge on any atom is -0.438 e. The maximum Gasteiger partial charge on any atom is 0.410 e. The lowest BCUT2D eigenvalue weighted by atomic mass is 9.73. The number of hydrogen-bond acceptors (Lipinski definition) is 9. The quantitative estimate of drug-likeness (QED) is 0.114. The maximum absolute atomic E-state index is 15.0. The van der Waals surface area contributed by atoms with Gasteiger partial charge in [-0.25, -0.2) is 23.9 Å². The molecule has 2 saturated carbocycles. The Bertz CT molecular complexity index is 2600. The van der Waals surface area contributed by atoms with Gasteiger partial charge < -0.3 is 33.6 Å². The van der Waals surface area contributed by atoms with Crippen LogP contribution in [-0.4, -0.2) is 111 Å². The normalized spacial score (nSPS) is 24.8. The van der Waals surface area contributed by atoms with E-state index in [2.05, 4.69) is 32.1 Å². The van der Waals surface area contributed by atoms with E-state index < -0.39 is 23.4 Å². The molecule has 5 heterocycles. The summed E-state index contributed by atoms with van der Waals surface area (Å²) in [5, 5.41) is 2.17. The predicted molar refractivity (Wildman–Crippen MR) is 245 cm³/mol. The van der Waals surface area contributed by atoms with Crippen LogP contribution in [0, 0.1) is 17.2 Å². The number of anilines is 1. The van der Waals surface area contributed by atoms with E-state index in [1.54, 1.807) is 34.3 Å². The third-order valence-electron chi connectivity index (χ3n) is 14.3. The van der Waals surface area contributed by atoms with Crippen molar-refractivity contribution in [2.24, 2.45) is 16.3 Å². The highest BCUT2D eigenvalue weighted by Crippen LogP contribution is 2.60. The molecule has 15 heteroatoms. The molecule has 3 aliphatic heterocycles. The zero-order valence-corrected chi connectivity index (χ0v) is 38.1. The molecule has 0 N–H and O–H groups in total. The molecule has 330 valence electrons. The van der Waals surface area contributed by atoms with Crippen molar-refractivity contribution in [1.82, 2.24) is 29.2 Å². The number of fused-ring (bicyclic) bond motifs is 1. The Kier molecular flexibility index (Phi) is 10.9. The Labute approximate surface area is 377 Å². The van der Waals surface area contributed by atoms with Crippen LogP contribution in [0.25, 0.3) is 22.3 Å². The van der Waals surface area contributed by atoms with Crippen molar-refractivity contribution in [3.63, 3.8) is 0 Å². The molecule has 0 bridgehead atoms. The molecular weight excluding hydrogens is 842 g/mol. The number of rotatable bonds is 10. The summed E-state index contributed by atoms with van der Waals surface area (Å²) in [4.78, 5) is 49.2. The third-order valence-corrected chi connectivity index (χ3v) is 14.7. The first-order valence-electron chi connectivity index (χ1n) is 21.7. The average Bonchev–Trinajstić information content (AvgIpc) is 4.08. The Morgan fingerprint density at radius 3 is 2.13 bits per heavy atom. The Hall–Kier alpha value is -5.40. The minimum atomic E-state index is -0.987. The lowest BCUT2D eigenvalue weighted by molar-refractivity contribution is -0.0543. The van der Waals surface area contributed by atoms with E-state index in [9.17, 15) is 9.59 Å². The van der Waals surface area contributed by atoms with Crippen LogP contribution in [0.2, 0.25) is 10.0 Å². The van der Waals surface area contributed by atoms with Gasteiger partial charge in [-0.3, -0.25) is 4.99 Å². The number of aliphatic imine (C=N–C) groups is 1. The van der Waals surface area contributed by atoms with Crippen LogP contribution in [0.3, 0.4) is 0 Å². The van der Waals surface area contributed by atoms with Gasteiger partial charge in [0.15, 0.2) is 11.2 Å². The SMILES string of the molecule is C=CN=C(C)C(/C(=C\C)c1ccccc1F)=C(\C)N1CCN(C(=O)OC2(C)C(C)C2(C)OC(=O)N2CC3(C2)CN(c2ncnc4c2c(C2CC2)cn4-c2cc(Cl)cc(Cl)c2)C3)CC1. The van der Waals surface area contributed by atoms with Crippen molar-refractivity contribution in [1.29, 1.82) is 0 Å². The van der Waals surface area contributed by atoms with E-state index in [0.29, 0.717) is 66.5 Å². The van der Waals surface area contributed by atoms with Gasteiger partial charge in [-0.1, -0.05) is 61.0 Å². The molecule has 2 amide bonds. The minimum absolute atomic E-state index is 0.0509. The highest BCUT2D eigenvalue weighted by Gasteiger charge is 2.76. The molecule has 4 aromatic rings. The molecule has 3 saturated heterocycles. The summed E-state index contributed by atoms with van der Waals surface area (Å²) in [6, 6.07) is 12.2. The molecule has 12 nitrogen and oxygen atoms in total. The zero-order valence-electron chi connectivity index (χ0n) is 36.6. The number of aromatic nitrogens is 3. The van der Waals surface area contributed by atoms with Crippen LogP contribution in [0.15, 0.2) is 90.1 Å². The lowest BCUT2D eigenvalue weighted by Gasteiger charge is -2.60. The fourth-order valence-corrected chi connectivity index (χ4v) is 10.6. The van der Waals surface area contributed by atoms with Crippen molar-refractivity contribution < 1.29 is 23.5 Å². The molecule has 2 aromatic heterocycles. The number of likely N-dealkylation sites (tertiary alicyclic amines) is 1. The predicted octanol–water partition coefficient (Wildman–Crippen LogP) is 9.91. The van der Waals surface area contributed by atoms with Crippen molar-refractivity contribution >= 4 is 63.5 Å². The smallest absolute Gasteiger partial charge is 0.410 e. The van der Waals surface area contributed by atoms with Crippen LogP contribution >= 0.6 is 23.2 Å². The summed E-state index contributed by atoms with van der Waals surface area (Å²) >= 11 is 12.8. The Morgan fingerprint density at radius 1 is 0.905 bits per heavy atom. The molecule has 3 atom stereocenters. The first-order chi connectivity index (χ1) is 30.1. The van der Waals surface area contributed by atoms with Crippen LogP contribution in [0.1, 0.15) is 71.4 Å². The van der Waals surface area contributed by atoms with E-state index in [4.69, 9.17) is 42.6 Å². The molecule has 0 radical (unpaired) electrons. The second kappa shape index (κ2) is 16.0. The molecule has 3 unspecified atom stereocenters. The van der Waals surface area contributed by atoms with Gasteiger partial charge in [0.1, 0.15) is 23.6 Å². The summed E-state index contributed by atoms with van der Waals surface area (Å²) in [6.45, 7) is 19.8. The van der Waals surface area contributed by atoms with Gasteiger partial charge in [0.05, 0.1) is 5.39 Å². The third kappa shape index (κ3) is 7.44. The summed E-state index contributed by atoms with van der Waals surface area (Å²) in [5.41, 5.74) is 4.58. The molecular formula is C48H53Cl2FN8O4. The van der Waals surface area contributed by atoms with E-state index in [0.717, 1.165) is 65.3 Å². The Morgan fingerprint density at radius 2 is 1.52 bits per heavy atom. The zero-order chi connectivity index (χ0) is 44.6. The monoisotopic (exact) mass is 894 g/mol. The largest absolute Gasteiger partial charge is 0.438 e. The standard InChI is InChI=1S/C48H53Cl2FN8O4/c1-8-36(37-12-10-11-13-39(37)51)40(29(3)52-9-2)30(4)55-16-18-56(19-17-55)44(60)62-46(6)31(5)47(46,7)63-45(61)58-26-48(27-58)24-57(25-48)42-41-38(32-14-15-32)23-59(43(41)54-28-53-42)35-21-33(49)20-34(50)22-35/h8-13,20-23,28,31-32H,2,14-19,24-27H2,1,3-7H3/b36-8-,40-30-,52-29?. The van der Waals surface area contributed by atoms with Gasteiger partial charge in [0, 0.05) is 114 Å². The summed E-state index contributed by atoms with van der Waals surface area (Å²) in [5.74, 6) is 0.850. The number of halogens is 3. The first kappa shape index (κ1) is 42.9. The van der Waals surface area contributed by atoms with Crippen LogP contribution in [0.5, 0.6) is 0 Å². The maximum atomic E-state index is 15.0. The fourth-order valence-electron chi connectivity index (χ4n) is 10.1. The topological polar surface area (TPSA) is 109 Å². The van der Waals surface area contributed by atoms with E-state index in [-0.39, 0.29) is 17.2 Å². The van der Waals surface area contributed by atoms with Gasteiger partial charge in [-0.05, 0) is 88.8 Å². The van der Waals surface area contributed by atoms with Crippen LogP contribution in [-0.2, 0) is 9.47 Å². The molecule has 5 aliphatic rings. The number of piperazine rings is 1. The van der Waals surface area contributed by atoms with E-state index >= 15 is 4.39 Å². The number of carbonyl (C=O) groups excluding carboxylic acids is 2. The lowest BCUT2D eigenvalue weighted by Crippen LogP contribution is -2.73. The molecule has 9 rings (SSSR count). The fraction of sp³-hybridized carbons (Fsp3) is 0.438. The molecule has 2 aromatic carbocycles. The number of benzene rings is 2. The number of carbonyl (C=O) groups is 2. The summed E-state index contributed by atoms with van der Waals surface area (Å²) < 4.78 is 29.5. The number of amides is 2. The number of nitrogens with zero attached hydrogens (tertiary/aromatic N) is 8. The van der Waals surface area contributed by atoms with Gasteiger partial charge in [0.2, 0.25) is 0 Å². The molecule has 63 heavy (non-hydrogen) atoms. The van der Waals surface area contributed by atoms with Gasteiger partial charge in [-0.2, -0.15) is 0 Å². The summed E-state index contributed by atoms with van der Waals surface area (Å²) in [6.07, 6.45) is 8.57. The van der Waals surface area contributed by atoms with Crippen molar-refractivity contribution in [3.8, 4) is 5.69 Å².